The number of nitrogens with zero attached hydrogens (tertiary/aromatic N) is 1. The maximum Gasteiger partial charge on any atom is 0.306 e. The van der Waals surface area contributed by atoms with Crippen molar-refractivity contribution in [3.63, 3.8) is 0 Å². The lowest BCUT2D eigenvalue weighted by atomic mass is 10.1. The summed E-state index contributed by atoms with van der Waals surface area (Å²) in [5.41, 5.74) is 1.57. The van der Waals surface area contributed by atoms with E-state index in [4.69, 9.17) is 5.11 Å². The van der Waals surface area contributed by atoms with Crippen LogP contribution in [0.5, 0.6) is 0 Å². The van der Waals surface area contributed by atoms with Gasteiger partial charge in [-0.3, -0.25) is 9.59 Å². The average Bonchev–Trinajstić information content (AvgIpc) is 3.04. The van der Waals surface area contributed by atoms with Gasteiger partial charge < -0.3 is 14.8 Å². The number of rotatable bonds is 3. The third kappa shape index (κ3) is 2.39. The summed E-state index contributed by atoms with van der Waals surface area (Å²) < 4.78 is 1.89. The molecule has 1 fully saturated rings. The Morgan fingerprint density at radius 3 is 2.85 bits per heavy atom. The summed E-state index contributed by atoms with van der Waals surface area (Å²) in [4.78, 5) is 23.1. The van der Waals surface area contributed by atoms with Gasteiger partial charge in [0.05, 0.1) is 11.5 Å². The first-order chi connectivity index (χ1) is 9.63. The molecule has 1 aliphatic rings. The largest absolute Gasteiger partial charge is 0.481 e. The molecule has 0 saturated heterocycles. The number of hydrogen-bond donors (Lipinski definition) is 2. The molecule has 2 heterocycles. The van der Waals surface area contributed by atoms with E-state index in [0.29, 0.717) is 18.4 Å². The Balaban J connectivity index is 1.69. The predicted molar refractivity (Wildman–Crippen MR) is 73.6 cm³/mol. The van der Waals surface area contributed by atoms with Crippen LogP contribution in [0.2, 0.25) is 0 Å². The fourth-order valence-corrected chi connectivity index (χ4v) is 2.79. The van der Waals surface area contributed by atoms with Crippen LogP contribution >= 0.6 is 0 Å². The number of aromatic nitrogens is 1. The van der Waals surface area contributed by atoms with Gasteiger partial charge in [-0.25, -0.2) is 0 Å². The summed E-state index contributed by atoms with van der Waals surface area (Å²) >= 11 is 0. The lowest BCUT2D eigenvalue weighted by molar-refractivity contribution is -0.141. The lowest BCUT2D eigenvalue weighted by Crippen LogP contribution is -2.33. The van der Waals surface area contributed by atoms with Crippen molar-refractivity contribution in [2.24, 2.45) is 5.92 Å². The van der Waals surface area contributed by atoms with Crippen LogP contribution in [-0.4, -0.2) is 27.4 Å². The summed E-state index contributed by atoms with van der Waals surface area (Å²) in [6.45, 7) is 0. The Morgan fingerprint density at radius 2 is 2.15 bits per heavy atom. The number of fused-ring (bicyclic) bond motifs is 1. The Hall–Kier alpha value is -2.30. The molecule has 3 rings (SSSR count). The van der Waals surface area contributed by atoms with Crippen LogP contribution in [0.3, 0.4) is 0 Å². The molecule has 104 valence electrons. The van der Waals surface area contributed by atoms with Gasteiger partial charge in [0.2, 0.25) is 0 Å². The second-order valence-corrected chi connectivity index (χ2v) is 5.28. The van der Waals surface area contributed by atoms with E-state index >= 15 is 0 Å². The second-order valence-electron chi connectivity index (χ2n) is 5.28. The molecule has 0 radical (unpaired) electrons. The van der Waals surface area contributed by atoms with Crippen molar-refractivity contribution in [1.29, 1.82) is 0 Å². The molecule has 2 aromatic heterocycles. The molecule has 0 bridgehead atoms. The summed E-state index contributed by atoms with van der Waals surface area (Å²) in [7, 11) is 0. The van der Waals surface area contributed by atoms with Gasteiger partial charge >= 0.3 is 5.97 Å². The molecule has 0 spiro atoms. The molecule has 1 saturated carbocycles. The first-order valence-corrected chi connectivity index (χ1v) is 6.74. The zero-order valence-corrected chi connectivity index (χ0v) is 11.0. The highest BCUT2D eigenvalue weighted by molar-refractivity contribution is 5.95. The van der Waals surface area contributed by atoms with E-state index < -0.39 is 5.97 Å². The molecule has 2 N–H and O–H groups in total. The third-order valence-corrected chi connectivity index (χ3v) is 3.88. The highest BCUT2D eigenvalue weighted by atomic mass is 16.4. The van der Waals surface area contributed by atoms with E-state index in [2.05, 4.69) is 5.32 Å². The van der Waals surface area contributed by atoms with Gasteiger partial charge in [0.15, 0.2) is 0 Å². The van der Waals surface area contributed by atoms with E-state index in [9.17, 15) is 9.59 Å². The maximum absolute atomic E-state index is 12.2. The van der Waals surface area contributed by atoms with Crippen molar-refractivity contribution in [1.82, 2.24) is 9.72 Å². The van der Waals surface area contributed by atoms with Crippen molar-refractivity contribution in [2.45, 2.75) is 25.3 Å². The van der Waals surface area contributed by atoms with E-state index in [1.54, 1.807) is 6.20 Å². The molecule has 0 aromatic carbocycles. The smallest absolute Gasteiger partial charge is 0.306 e. The van der Waals surface area contributed by atoms with Crippen LogP contribution in [0.4, 0.5) is 0 Å². The fraction of sp³-hybridized carbons (Fsp3) is 0.333. The van der Waals surface area contributed by atoms with E-state index in [0.717, 1.165) is 11.9 Å². The summed E-state index contributed by atoms with van der Waals surface area (Å²) in [6, 6.07) is 7.56. The minimum atomic E-state index is -0.767. The summed E-state index contributed by atoms with van der Waals surface area (Å²) in [5, 5.41) is 11.9. The number of carbonyl (C=O) groups excluding carboxylic acids is 1. The van der Waals surface area contributed by atoms with Crippen LogP contribution in [-0.2, 0) is 4.79 Å². The molecule has 2 aromatic rings. The van der Waals surface area contributed by atoms with Gasteiger partial charge in [0.1, 0.15) is 0 Å². The maximum atomic E-state index is 12.2. The average molecular weight is 272 g/mol. The van der Waals surface area contributed by atoms with Gasteiger partial charge in [-0.15, -0.1) is 0 Å². The quantitative estimate of drug-likeness (QED) is 0.896. The highest BCUT2D eigenvalue weighted by Crippen LogP contribution is 2.26. The van der Waals surface area contributed by atoms with Crippen molar-refractivity contribution >= 4 is 17.4 Å². The lowest BCUT2D eigenvalue weighted by Gasteiger charge is -2.11. The first kappa shape index (κ1) is 12.7. The topological polar surface area (TPSA) is 70.8 Å². The van der Waals surface area contributed by atoms with Crippen molar-refractivity contribution < 1.29 is 14.7 Å². The Morgan fingerprint density at radius 1 is 1.30 bits per heavy atom. The molecule has 5 nitrogen and oxygen atoms in total. The second kappa shape index (κ2) is 5.00. The van der Waals surface area contributed by atoms with Crippen LogP contribution in [0, 0.1) is 5.92 Å². The van der Waals surface area contributed by atoms with Crippen molar-refractivity contribution in [2.75, 3.05) is 0 Å². The molecule has 5 heteroatoms. The molecule has 0 aliphatic heterocycles. The predicted octanol–water partition coefficient (Wildman–Crippen LogP) is 1.92. The summed E-state index contributed by atoms with van der Waals surface area (Å²) in [6.07, 6.45) is 5.57. The minimum absolute atomic E-state index is 0.0355. The van der Waals surface area contributed by atoms with Crippen LogP contribution in [0.15, 0.2) is 36.7 Å². The minimum Gasteiger partial charge on any atom is -0.481 e. The van der Waals surface area contributed by atoms with E-state index in [1.165, 1.54) is 0 Å². The molecular formula is C15H16N2O3. The summed E-state index contributed by atoms with van der Waals surface area (Å²) in [5.74, 6) is -1.23. The number of carbonyl (C=O) groups is 2. The van der Waals surface area contributed by atoms with Gasteiger partial charge in [0, 0.05) is 24.0 Å². The molecule has 0 unspecified atom stereocenters. The normalized spacial score (nSPS) is 22.0. The van der Waals surface area contributed by atoms with E-state index in [1.807, 2.05) is 34.9 Å². The number of aliphatic carboxylic acids is 1. The number of nitrogens with one attached hydrogen (secondary N) is 1. The van der Waals surface area contributed by atoms with Crippen molar-refractivity contribution in [3.05, 3.63) is 42.2 Å². The van der Waals surface area contributed by atoms with Gasteiger partial charge in [-0.1, -0.05) is 6.07 Å². The van der Waals surface area contributed by atoms with E-state index in [-0.39, 0.29) is 17.9 Å². The molecule has 1 aliphatic carbocycles. The first-order valence-electron chi connectivity index (χ1n) is 6.74. The van der Waals surface area contributed by atoms with Crippen LogP contribution < -0.4 is 5.32 Å². The molecule has 20 heavy (non-hydrogen) atoms. The zero-order valence-electron chi connectivity index (χ0n) is 11.0. The number of carboxylic acids is 1. The molecule has 1 amide bonds. The Kier molecular flexibility index (Phi) is 3.18. The number of amides is 1. The highest BCUT2D eigenvalue weighted by Gasteiger charge is 2.30. The third-order valence-electron chi connectivity index (χ3n) is 3.88. The standard InChI is InChI=1S/C15H16N2O3/c18-14(16-12-5-4-10(7-12)15(19)20)11-8-13-3-1-2-6-17(13)9-11/h1-3,6,8-10,12H,4-5,7H2,(H,16,18)(H,19,20)/t10-,12+/m0/s1. The monoisotopic (exact) mass is 272 g/mol. The SMILES string of the molecule is O=C(N[C@@H]1CC[C@H](C(=O)O)C1)c1cc2ccccn2c1. The van der Waals surface area contributed by atoms with Gasteiger partial charge in [-0.2, -0.15) is 0 Å². The number of carboxylic acid groups (broad SMARTS) is 1. The van der Waals surface area contributed by atoms with Gasteiger partial charge in [0.25, 0.3) is 5.91 Å². The van der Waals surface area contributed by atoms with Crippen LogP contribution in [0.25, 0.3) is 5.52 Å². The number of hydrogen-bond acceptors (Lipinski definition) is 2. The number of pyridine rings is 1. The molecular weight excluding hydrogens is 256 g/mol. The van der Waals surface area contributed by atoms with Crippen molar-refractivity contribution in [3.8, 4) is 0 Å². The fourth-order valence-electron chi connectivity index (χ4n) is 2.79. The Bertz CT molecular complexity index is 629. The van der Waals surface area contributed by atoms with Crippen LogP contribution in [0.1, 0.15) is 29.6 Å². The Labute approximate surface area is 116 Å². The molecule has 2 atom stereocenters. The zero-order chi connectivity index (χ0) is 14.1. The van der Waals surface area contributed by atoms with Gasteiger partial charge in [-0.05, 0) is 37.5 Å².